The van der Waals surface area contributed by atoms with E-state index in [0.29, 0.717) is 13.2 Å². The standard InChI is InChI=1S/C23H34O/c1-3-5-7-9-20-10-14-22(15-11-20)23-16-12-21(13-17-23)19-24-18-8-6-4-2/h3,6,8,12-13,16-17,20,22H,1,4-5,7,9-11,14-15,18-19H2,2H3. The fourth-order valence-electron chi connectivity index (χ4n) is 3.70. The van der Waals surface area contributed by atoms with E-state index in [1.54, 1.807) is 0 Å². The van der Waals surface area contributed by atoms with Crippen molar-refractivity contribution in [1.29, 1.82) is 0 Å². The zero-order valence-corrected chi connectivity index (χ0v) is 15.4. The Morgan fingerprint density at radius 2 is 1.83 bits per heavy atom. The number of hydrogen-bond acceptors (Lipinski definition) is 1. The second-order valence-corrected chi connectivity index (χ2v) is 7.07. The second kappa shape index (κ2) is 11.3. The van der Waals surface area contributed by atoms with Crippen LogP contribution in [0.3, 0.4) is 0 Å². The quantitative estimate of drug-likeness (QED) is 0.339. The van der Waals surface area contributed by atoms with Crippen LogP contribution in [0.1, 0.15) is 75.3 Å². The number of allylic oxidation sites excluding steroid dienone is 2. The highest BCUT2D eigenvalue weighted by Gasteiger charge is 2.21. The van der Waals surface area contributed by atoms with E-state index >= 15 is 0 Å². The highest BCUT2D eigenvalue weighted by Crippen LogP contribution is 2.37. The van der Waals surface area contributed by atoms with Crippen LogP contribution >= 0.6 is 0 Å². The van der Waals surface area contributed by atoms with E-state index in [-0.39, 0.29) is 0 Å². The van der Waals surface area contributed by atoms with Gasteiger partial charge in [-0.2, -0.15) is 0 Å². The molecule has 1 aromatic carbocycles. The first-order valence-electron chi connectivity index (χ1n) is 9.76. The number of benzene rings is 1. The average molecular weight is 327 g/mol. The molecule has 1 aliphatic carbocycles. The van der Waals surface area contributed by atoms with E-state index in [4.69, 9.17) is 4.74 Å². The molecule has 1 heteroatoms. The lowest BCUT2D eigenvalue weighted by Crippen LogP contribution is -2.13. The van der Waals surface area contributed by atoms with E-state index < -0.39 is 0 Å². The summed E-state index contributed by atoms with van der Waals surface area (Å²) in [4.78, 5) is 0. The molecule has 132 valence electrons. The van der Waals surface area contributed by atoms with E-state index in [9.17, 15) is 0 Å². The Balaban J connectivity index is 1.71. The third-order valence-electron chi connectivity index (χ3n) is 5.20. The molecule has 1 saturated carbocycles. The van der Waals surface area contributed by atoms with Crippen LogP contribution in [0.4, 0.5) is 0 Å². The van der Waals surface area contributed by atoms with Gasteiger partial charge in [-0.25, -0.2) is 0 Å². The van der Waals surface area contributed by atoms with Crippen LogP contribution < -0.4 is 0 Å². The third kappa shape index (κ3) is 6.65. The Kier molecular flexibility index (Phi) is 8.91. The molecule has 0 bridgehead atoms. The topological polar surface area (TPSA) is 9.23 Å². The van der Waals surface area contributed by atoms with Crippen molar-refractivity contribution >= 4 is 0 Å². The Morgan fingerprint density at radius 3 is 2.50 bits per heavy atom. The Labute approximate surface area is 148 Å². The van der Waals surface area contributed by atoms with Gasteiger partial charge in [-0.1, -0.05) is 55.8 Å². The molecular formula is C23H34O. The SMILES string of the molecule is C=CCCCC1CCC(c2ccc(COCC=CCC)cc2)CC1. The largest absolute Gasteiger partial charge is 0.373 e. The molecule has 0 atom stereocenters. The van der Waals surface area contributed by atoms with Crippen molar-refractivity contribution in [1.82, 2.24) is 0 Å². The summed E-state index contributed by atoms with van der Waals surface area (Å²) >= 11 is 0. The maximum Gasteiger partial charge on any atom is 0.0721 e. The second-order valence-electron chi connectivity index (χ2n) is 7.07. The lowest BCUT2D eigenvalue weighted by Gasteiger charge is -2.29. The Morgan fingerprint density at radius 1 is 1.08 bits per heavy atom. The van der Waals surface area contributed by atoms with Gasteiger partial charge in [0.05, 0.1) is 13.2 Å². The van der Waals surface area contributed by atoms with Crippen molar-refractivity contribution < 1.29 is 4.74 Å². The minimum Gasteiger partial charge on any atom is -0.373 e. The molecular weight excluding hydrogens is 292 g/mol. The molecule has 0 aliphatic heterocycles. The van der Waals surface area contributed by atoms with Crippen LogP contribution in [0.15, 0.2) is 49.1 Å². The van der Waals surface area contributed by atoms with Crippen LogP contribution in [0.2, 0.25) is 0 Å². The Hall–Kier alpha value is -1.34. The first kappa shape index (κ1) is 19.0. The molecule has 0 saturated heterocycles. The smallest absolute Gasteiger partial charge is 0.0721 e. The van der Waals surface area contributed by atoms with Gasteiger partial charge in [0.25, 0.3) is 0 Å². The number of hydrogen-bond donors (Lipinski definition) is 0. The summed E-state index contributed by atoms with van der Waals surface area (Å²) in [5.41, 5.74) is 2.80. The first-order valence-corrected chi connectivity index (χ1v) is 9.76. The zero-order valence-electron chi connectivity index (χ0n) is 15.4. The molecule has 0 amide bonds. The molecule has 0 aromatic heterocycles. The molecule has 24 heavy (non-hydrogen) atoms. The van der Waals surface area contributed by atoms with Crippen LogP contribution in [-0.4, -0.2) is 6.61 Å². The lowest BCUT2D eigenvalue weighted by molar-refractivity contribution is 0.148. The molecule has 1 fully saturated rings. The molecule has 0 radical (unpaired) electrons. The van der Waals surface area contributed by atoms with Crippen molar-refractivity contribution in [2.75, 3.05) is 6.61 Å². The molecule has 0 heterocycles. The summed E-state index contributed by atoms with van der Waals surface area (Å²) in [7, 11) is 0. The van der Waals surface area contributed by atoms with Gasteiger partial charge in [0.2, 0.25) is 0 Å². The maximum atomic E-state index is 5.67. The van der Waals surface area contributed by atoms with Gasteiger partial charge in [-0.3, -0.25) is 0 Å². The molecule has 2 rings (SSSR count). The van der Waals surface area contributed by atoms with Gasteiger partial charge in [-0.05, 0) is 67.9 Å². The van der Waals surface area contributed by atoms with Crippen molar-refractivity contribution in [3.63, 3.8) is 0 Å². The van der Waals surface area contributed by atoms with Crippen LogP contribution in [0.5, 0.6) is 0 Å². The van der Waals surface area contributed by atoms with E-state index in [1.165, 1.54) is 56.1 Å². The summed E-state index contributed by atoms with van der Waals surface area (Å²) in [6.45, 7) is 7.39. The van der Waals surface area contributed by atoms with Crippen LogP contribution in [0.25, 0.3) is 0 Å². The van der Waals surface area contributed by atoms with Gasteiger partial charge in [-0.15, -0.1) is 6.58 Å². The monoisotopic (exact) mass is 326 g/mol. The van der Waals surface area contributed by atoms with Gasteiger partial charge < -0.3 is 4.74 Å². The summed E-state index contributed by atoms with van der Waals surface area (Å²) in [5.74, 6) is 1.72. The summed E-state index contributed by atoms with van der Waals surface area (Å²) in [6.07, 6.45) is 16.8. The van der Waals surface area contributed by atoms with E-state index in [0.717, 1.165) is 18.3 Å². The first-order chi connectivity index (χ1) is 11.8. The van der Waals surface area contributed by atoms with Gasteiger partial charge in [0, 0.05) is 0 Å². The van der Waals surface area contributed by atoms with Crippen LogP contribution in [-0.2, 0) is 11.3 Å². The zero-order chi connectivity index (χ0) is 17.0. The summed E-state index contributed by atoms with van der Waals surface area (Å²) < 4.78 is 5.67. The number of ether oxygens (including phenoxy) is 1. The third-order valence-corrected chi connectivity index (χ3v) is 5.20. The predicted octanol–water partition coefficient (Wildman–Crippen LogP) is 6.80. The van der Waals surface area contributed by atoms with E-state index in [2.05, 4.69) is 56.0 Å². The van der Waals surface area contributed by atoms with Crippen molar-refractivity contribution in [2.24, 2.45) is 5.92 Å². The molecule has 1 aromatic rings. The van der Waals surface area contributed by atoms with Crippen molar-refractivity contribution in [2.45, 2.75) is 70.8 Å². The highest BCUT2D eigenvalue weighted by atomic mass is 16.5. The summed E-state index contributed by atoms with van der Waals surface area (Å²) in [5, 5.41) is 0. The molecule has 0 spiro atoms. The maximum absolute atomic E-state index is 5.67. The Bertz CT molecular complexity index is 477. The number of unbranched alkanes of at least 4 members (excludes halogenated alkanes) is 1. The summed E-state index contributed by atoms with van der Waals surface area (Å²) in [6, 6.07) is 9.14. The minimum atomic E-state index is 0.713. The molecule has 0 N–H and O–H groups in total. The predicted molar refractivity (Wildman–Crippen MR) is 104 cm³/mol. The van der Waals surface area contributed by atoms with E-state index in [1.807, 2.05) is 0 Å². The highest BCUT2D eigenvalue weighted by molar-refractivity contribution is 5.25. The fraction of sp³-hybridized carbons (Fsp3) is 0.565. The normalized spacial score (nSPS) is 21.2. The number of rotatable bonds is 10. The van der Waals surface area contributed by atoms with Crippen molar-refractivity contribution in [3.05, 3.63) is 60.2 Å². The van der Waals surface area contributed by atoms with Gasteiger partial charge in [0.15, 0.2) is 0 Å². The van der Waals surface area contributed by atoms with Gasteiger partial charge in [0.1, 0.15) is 0 Å². The van der Waals surface area contributed by atoms with Gasteiger partial charge >= 0.3 is 0 Å². The lowest BCUT2D eigenvalue weighted by atomic mass is 9.77. The van der Waals surface area contributed by atoms with Crippen LogP contribution in [0, 0.1) is 5.92 Å². The van der Waals surface area contributed by atoms with Crippen molar-refractivity contribution in [3.8, 4) is 0 Å². The minimum absolute atomic E-state index is 0.713. The average Bonchev–Trinajstić information content (AvgIpc) is 2.63. The molecule has 0 unspecified atom stereocenters. The fourth-order valence-corrected chi connectivity index (χ4v) is 3.70. The molecule has 1 nitrogen and oxygen atoms in total. The molecule has 1 aliphatic rings.